The van der Waals surface area contributed by atoms with Crippen molar-refractivity contribution < 1.29 is 28.1 Å². The zero-order chi connectivity index (χ0) is 25.4. The number of benzene rings is 1. The van der Waals surface area contributed by atoms with Crippen LogP contribution >= 0.6 is 0 Å². The van der Waals surface area contributed by atoms with Crippen LogP contribution in [0.25, 0.3) is 21.9 Å². The number of aliphatic hydroxyl groups excluding tert-OH is 1. The predicted octanol–water partition coefficient (Wildman–Crippen LogP) is 2.80. The van der Waals surface area contributed by atoms with E-state index < -0.39 is 41.6 Å². The Labute approximate surface area is 202 Å². The van der Waals surface area contributed by atoms with Crippen LogP contribution in [-0.2, 0) is 17.3 Å². The summed E-state index contributed by atoms with van der Waals surface area (Å²) >= 11 is 0. The Morgan fingerprint density at radius 3 is 2.72 bits per heavy atom. The summed E-state index contributed by atoms with van der Waals surface area (Å²) in [6.45, 7) is 0. The maximum absolute atomic E-state index is 13.2. The summed E-state index contributed by atoms with van der Waals surface area (Å²) in [5.41, 5.74) is 10.7. The van der Waals surface area contributed by atoms with Gasteiger partial charge in [-0.1, -0.05) is 12.1 Å². The van der Waals surface area contributed by atoms with Crippen LogP contribution in [0.5, 0.6) is 0 Å². The summed E-state index contributed by atoms with van der Waals surface area (Å²) in [6.07, 6.45) is -2.87. The fraction of sp³-hybridized carbons (Fsp3) is 0.375. The molecule has 2 aliphatic rings. The first kappa shape index (κ1) is 23.0. The normalized spacial score (nSPS) is 28.2. The average Bonchev–Trinajstić information content (AvgIpc) is 3.45. The minimum atomic E-state index is -4.59. The van der Waals surface area contributed by atoms with Crippen LogP contribution in [0.1, 0.15) is 30.2 Å². The first-order chi connectivity index (χ1) is 17.1. The minimum absolute atomic E-state index is 0.139. The summed E-state index contributed by atoms with van der Waals surface area (Å²) in [5, 5.41) is 23.4. The minimum Gasteiger partial charge on any atom is -0.385 e. The molecule has 6 N–H and O–H groups in total. The van der Waals surface area contributed by atoms with E-state index in [-0.39, 0.29) is 5.92 Å². The molecule has 2 fully saturated rings. The van der Waals surface area contributed by atoms with Gasteiger partial charge < -0.3 is 31.0 Å². The third-order valence-corrected chi connectivity index (χ3v) is 7.43. The monoisotopic (exact) mass is 500 g/mol. The third kappa shape index (κ3) is 3.39. The van der Waals surface area contributed by atoms with Gasteiger partial charge in [0.15, 0.2) is 6.23 Å². The fourth-order valence-electron chi connectivity index (χ4n) is 5.64. The second kappa shape index (κ2) is 7.76. The number of halogens is 3. The number of alkyl halides is 3. The molecule has 188 valence electrons. The fourth-order valence-corrected chi connectivity index (χ4v) is 5.64. The average molecular weight is 500 g/mol. The molecule has 4 heterocycles. The molecule has 0 unspecified atom stereocenters. The van der Waals surface area contributed by atoms with Crippen LogP contribution in [0.2, 0.25) is 0 Å². The Morgan fingerprint density at radius 2 is 1.94 bits per heavy atom. The Bertz CT molecular complexity index is 1490. The summed E-state index contributed by atoms with van der Waals surface area (Å²) in [5.74, 6) is -0.410. The Kier molecular flexibility index (Phi) is 4.95. The lowest BCUT2D eigenvalue weighted by atomic mass is 9.90. The summed E-state index contributed by atoms with van der Waals surface area (Å²) in [4.78, 5) is 12.2. The molecule has 12 heteroatoms. The Morgan fingerprint density at radius 1 is 1.14 bits per heavy atom. The lowest BCUT2D eigenvalue weighted by Gasteiger charge is -2.26. The Balaban J connectivity index is 1.28. The van der Waals surface area contributed by atoms with Gasteiger partial charge in [-0.2, -0.15) is 13.2 Å². The molecule has 0 bridgehead atoms. The predicted molar refractivity (Wildman–Crippen MR) is 124 cm³/mol. The highest BCUT2D eigenvalue weighted by atomic mass is 19.4. The van der Waals surface area contributed by atoms with E-state index in [9.17, 15) is 23.4 Å². The Hall–Kier alpha value is -3.48. The third-order valence-electron chi connectivity index (χ3n) is 7.43. The van der Waals surface area contributed by atoms with Gasteiger partial charge in [0.1, 0.15) is 35.3 Å². The molecule has 36 heavy (non-hydrogen) atoms. The molecule has 6 rings (SSSR count). The highest BCUT2D eigenvalue weighted by Crippen LogP contribution is 2.50. The van der Waals surface area contributed by atoms with Gasteiger partial charge in [-0.15, -0.1) is 0 Å². The number of anilines is 2. The van der Waals surface area contributed by atoms with Crippen molar-refractivity contribution in [2.45, 2.75) is 49.5 Å². The van der Waals surface area contributed by atoms with E-state index in [0.29, 0.717) is 47.0 Å². The van der Waals surface area contributed by atoms with Crippen LogP contribution < -0.4 is 11.5 Å². The van der Waals surface area contributed by atoms with E-state index in [1.54, 1.807) is 35.0 Å². The van der Waals surface area contributed by atoms with E-state index in [4.69, 9.17) is 16.2 Å². The lowest BCUT2D eigenvalue weighted by Crippen LogP contribution is -2.45. The SMILES string of the molecule is Nc1nc2cc(C[C@@H]3CC[C@@]4(O)[C@@H]3O[C@@H](n3ccc5c(N)ncnc53)[C@@H]4O)ccc2cc1C(F)(F)F. The van der Waals surface area contributed by atoms with Crippen molar-refractivity contribution in [1.29, 1.82) is 0 Å². The molecule has 1 aliphatic carbocycles. The molecular weight excluding hydrogens is 477 g/mol. The van der Waals surface area contributed by atoms with Gasteiger partial charge in [-0.25, -0.2) is 15.0 Å². The number of fused-ring (bicyclic) bond motifs is 3. The van der Waals surface area contributed by atoms with E-state index in [2.05, 4.69) is 15.0 Å². The molecule has 1 aromatic carbocycles. The van der Waals surface area contributed by atoms with Crippen molar-refractivity contribution in [2.24, 2.45) is 5.92 Å². The van der Waals surface area contributed by atoms with Crippen molar-refractivity contribution in [1.82, 2.24) is 19.5 Å². The molecule has 1 saturated heterocycles. The number of nitrogen functional groups attached to an aromatic ring is 2. The molecule has 0 amide bonds. The maximum Gasteiger partial charge on any atom is 0.419 e. The van der Waals surface area contributed by atoms with Gasteiger partial charge in [0.05, 0.1) is 22.6 Å². The largest absolute Gasteiger partial charge is 0.419 e. The number of hydrogen-bond acceptors (Lipinski definition) is 8. The van der Waals surface area contributed by atoms with Gasteiger partial charge in [0.25, 0.3) is 0 Å². The lowest BCUT2D eigenvalue weighted by molar-refractivity contribution is -0.137. The molecule has 0 spiro atoms. The molecule has 3 aromatic heterocycles. The maximum atomic E-state index is 13.2. The van der Waals surface area contributed by atoms with Gasteiger partial charge in [0.2, 0.25) is 0 Å². The van der Waals surface area contributed by atoms with E-state index in [1.807, 2.05) is 0 Å². The van der Waals surface area contributed by atoms with Crippen LogP contribution in [0, 0.1) is 5.92 Å². The zero-order valence-electron chi connectivity index (χ0n) is 18.9. The second-order valence-electron chi connectivity index (χ2n) is 9.55. The number of rotatable bonds is 3. The zero-order valence-corrected chi connectivity index (χ0v) is 18.9. The van der Waals surface area contributed by atoms with Crippen molar-refractivity contribution in [3.63, 3.8) is 0 Å². The number of ether oxygens (including phenoxy) is 1. The first-order valence-electron chi connectivity index (χ1n) is 11.5. The van der Waals surface area contributed by atoms with Crippen LogP contribution in [0.15, 0.2) is 42.9 Å². The number of nitrogens with two attached hydrogens (primary N) is 2. The summed E-state index contributed by atoms with van der Waals surface area (Å²) in [7, 11) is 0. The van der Waals surface area contributed by atoms with Gasteiger partial charge in [-0.3, -0.25) is 0 Å². The summed E-state index contributed by atoms with van der Waals surface area (Å²) in [6, 6.07) is 7.74. The topological polar surface area (TPSA) is 145 Å². The molecule has 5 atom stereocenters. The molecule has 1 aliphatic heterocycles. The van der Waals surface area contributed by atoms with Crippen molar-refractivity contribution in [3.8, 4) is 0 Å². The molecule has 9 nitrogen and oxygen atoms in total. The van der Waals surface area contributed by atoms with E-state index in [1.165, 1.54) is 6.33 Å². The molecule has 1 saturated carbocycles. The van der Waals surface area contributed by atoms with Crippen LogP contribution in [0.3, 0.4) is 0 Å². The van der Waals surface area contributed by atoms with Gasteiger partial charge >= 0.3 is 6.18 Å². The van der Waals surface area contributed by atoms with E-state index in [0.717, 1.165) is 11.6 Å². The second-order valence-corrected chi connectivity index (χ2v) is 9.55. The summed E-state index contributed by atoms with van der Waals surface area (Å²) < 4.78 is 47.4. The molecule has 4 aromatic rings. The highest BCUT2D eigenvalue weighted by molar-refractivity contribution is 5.86. The molecule has 0 radical (unpaired) electrons. The number of hydrogen-bond donors (Lipinski definition) is 4. The van der Waals surface area contributed by atoms with Gasteiger partial charge in [-0.05, 0) is 48.9 Å². The van der Waals surface area contributed by atoms with Crippen molar-refractivity contribution in [3.05, 3.63) is 54.0 Å². The van der Waals surface area contributed by atoms with Gasteiger partial charge in [0, 0.05) is 11.6 Å². The number of aromatic nitrogens is 4. The van der Waals surface area contributed by atoms with Crippen molar-refractivity contribution >= 4 is 33.6 Å². The smallest absolute Gasteiger partial charge is 0.385 e. The number of nitrogens with zero attached hydrogens (tertiary/aromatic N) is 4. The highest BCUT2D eigenvalue weighted by Gasteiger charge is 2.61. The number of aliphatic hydroxyl groups is 2. The van der Waals surface area contributed by atoms with Crippen molar-refractivity contribution in [2.75, 3.05) is 11.5 Å². The van der Waals surface area contributed by atoms with Crippen LogP contribution in [-0.4, -0.2) is 47.5 Å². The van der Waals surface area contributed by atoms with Crippen LogP contribution in [0.4, 0.5) is 24.8 Å². The molecular formula is C24H23F3N6O3. The quantitative estimate of drug-likeness (QED) is 0.336. The first-order valence-corrected chi connectivity index (χ1v) is 11.5. The standard InChI is InChI=1S/C24H23F3N6O3/c25-24(26,27)15-9-12-2-1-11(8-16(12)32-20(15)29)7-13-3-5-23(35)17(34)22(36-18(13)23)33-6-4-14-19(28)30-10-31-21(14)33/h1-2,4,6,8-10,13,17-18,22,34-35H,3,5,7H2,(H2,29,32)(H2,28,30,31)/t13-,17-,18+,22+,23-/m0/s1. The number of pyridine rings is 1. The van der Waals surface area contributed by atoms with E-state index >= 15 is 0 Å².